The molecule has 0 saturated carbocycles. The molecule has 2 aromatic rings. The van der Waals surface area contributed by atoms with Gasteiger partial charge in [-0.1, -0.05) is 0 Å². The van der Waals surface area contributed by atoms with Crippen molar-refractivity contribution in [3.8, 4) is 0 Å². The third kappa shape index (κ3) is 3.61. The van der Waals surface area contributed by atoms with Crippen molar-refractivity contribution in [2.24, 2.45) is 12.0 Å². The number of aryl methyl sites for hydroxylation is 1. The first kappa shape index (κ1) is 15.3. The minimum Gasteiger partial charge on any atom is -0.353 e. The van der Waals surface area contributed by atoms with Crippen LogP contribution in [0.1, 0.15) is 5.69 Å². The number of hydrogen-bond acceptors (Lipinski definition) is 4. The van der Waals surface area contributed by atoms with Crippen molar-refractivity contribution in [2.45, 2.75) is 6.54 Å². The zero-order chi connectivity index (χ0) is 16.1. The monoisotopic (exact) mass is 313 g/mol. The summed E-state index contributed by atoms with van der Waals surface area (Å²) in [5.41, 5.74) is 1.24. The number of nitrogens with zero attached hydrogens (tertiary/aromatic N) is 6. The molecule has 7 heteroatoms. The highest BCUT2D eigenvalue weighted by molar-refractivity contribution is 5.80. The fraction of sp³-hybridized carbons (Fsp3) is 0.438. The molecule has 3 rings (SSSR count). The molecule has 2 aromatic heterocycles. The van der Waals surface area contributed by atoms with Gasteiger partial charge >= 0.3 is 0 Å². The third-order valence-corrected chi connectivity index (χ3v) is 4.10. The molecule has 122 valence electrons. The second-order valence-corrected chi connectivity index (χ2v) is 5.53. The summed E-state index contributed by atoms with van der Waals surface area (Å²) in [6.45, 7) is 4.39. The Kier molecular flexibility index (Phi) is 4.75. The predicted molar refractivity (Wildman–Crippen MR) is 91.4 cm³/mol. The number of anilines is 1. The average Bonchev–Trinajstić information content (AvgIpc) is 3.02. The van der Waals surface area contributed by atoms with Crippen molar-refractivity contribution < 1.29 is 0 Å². The van der Waals surface area contributed by atoms with E-state index in [-0.39, 0.29) is 0 Å². The van der Waals surface area contributed by atoms with Crippen LogP contribution in [-0.2, 0) is 13.6 Å². The van der Waals surface area contributed by atoms with Gasteiger partial charge in [0, 0.05) is 64.6 Å². The van der Waals surface area contributed by atoms with Crippen molar-refractivity contribution in [2.75, 3.05) is 38.1 Å². The largest absolute Gasteiger partial charge is 0.353 e. The number of rotatable bonds is 3. The second kappa shape index (κ2) is 7.13. The van der Waals surface area contributed by atoms with Gasteiger partial charge in [-0.2, -0.15) is 0 Å². The Labute approximate surface area is 136 Å². The van der Waals surface area contributed by atoms with Crippen molar-refractivity contribution in [1.82, 2.24) is 24.8 Å². The summed E-state index contributed by atoms with van der Waals surface area (Å²) in [6, 6.07) is 6.01. The predicted octanol–water partition coefficient (Wildman–Crippen LogP) is 0.713. The zero-order valence-corrected chi connectivity index (χ0v) is 13.7. The van der Waals surface area contributed by atoms with Gasteiger partial charge in [-0.3, -0.25) is 4.99 Å². The molecule has 1 aliphatic heterocycles. The Balaban J connectivity index is 1.54. The van der Waals surface area contributed by atoms with E-state index < -0.39 is 0 Å². The number of aliphatic imine (C=N–C) groups is 1. The lowest BCUT2D eigenvalue weighted by Gasteiger charge is -2.36. The highest BCUT2D eigenvalue weighted by Crippen LogP contribution is 2.10. The van der Waals surface area contributed by atoms with Gasteiger partial charge in [0.05, 0.1) is 6.54 Å². The molecule has 0 bridgehead atoms. The summed E-state index contributed by atoms with van der Waals surface area (Å²) < 4.78 is 2.12. The van der Waals surface area contributed by atoms with Gasteiger partial charge in [0.2, 0.25) is 5.95 Å². The molecule has 0 aromatic carbocycles. The van der Waals surface area contributed by atoms with E-state index in [0.29, 0.717) is 0 Å². The summed E-state index contributed by atoms with van der Waals surface area (Å²) in [7, 11) is 3.89. The maximum atomic E-state index is 4.41. The maximum Gasteiger partial charge on any atom is 0.225 e. The first-order valence-corrected chi connectivity index (χ1v) is 7.85. The molecular formula is C16H23N7. The van der Waals surface area contributed by atoms with Crippen molar-refractivity contribution in [3.63, 3.8) is 0 Å². The first-order valence-electron chi connectivity index (χ1n) is 7.85. The second-order valence-electron chi connectivity index (χ2n) is 5.53. The van der Waals surface area contributed by atoms with E-state index in [4.69, 9.17) is 0 Å². The summed E-state index contributed by atoms with van der Waals surface area (Å²) >= 11 is 0. The zero-order valence-electron chi connectivity index (χ0n) is 13.7. The molecule has 1 fully saturated rings. The highest BCUT2D eigenvalue weighted by Gasteiger charge is 2.21. The average molecular weight is 313 g/mol. The van der Waals surface area contributed by atoms with Crippen LogP contribution in [0.2, 0.25) is 0 Å². The summed E-state index contributed by atoms with van der Waals surface area (Å²) in [6.07, 6.45) is 5.63. The lowest BCUT2D eigenvalue weighted by Crippen LogP contribution is -2.52. The van der Waals surface area contributed by atoms with Gasteiger partial charge in [-0.25, -0.2) is 9.97 Å². The standard InChI is InChI=1S/C16H23N7/c1-17-15(20-13-14-5-3-8-21(14)2)22-9-11-23(12-10-22)16-18-6-4-7-19-16/h3-8H,9-13H2,1-2H3,(H,17,20). The number of aromatic nitrogens is 3. The molecule has 0 unspecified atom stereocenters. The van der Waals surface area contributed by atoms with Gasteiger partial charge in [0.15, 0.2) is 5.96 Å². The van der Waals surface area contributed by atoms with Crippen molar-refractivity contribution >= 4 is 11.9 Å². The fourth-order valence-corrected chi connectivity index (χ4v) is 2.75. The van der Waals surface area contributed by atoms with Crippen LogP contribution in [0.15, 0.2) is 41.8 Å². The molecular weight excluding hydrogens is 290 g/mol. The molecule has 3 heterocycles. The third-order valence-electron chi connectivity index (χ3n) is 4.10. The minimum absolute atomic E-state index is 0.776. The quantitative estimate of drug-likeness (QED) is 0.668. The molecule has 0 amide bonds. The molecule has 7 nitrogen and oxygen atoms in total. The Bertz CT molecular complexity index is 641. The van der Waals surface area contributed by atoms with Crippen molar-refractivity contribution in [1.29, 1.82) is 0 Å². The minimum atomic E-state index is 0.776. The number of piperazine rings is 1. The van der Waals surface area contributed by atoms with Gasteiger partial charge in [-0.05, 0) is 18.2 Å². The molecule has 1 saturated heterocycles. The first-order chi connectivity index (χ1) is 11.3. The molecule has 0 radical (unpaired) electrons. The van der Waals surface area contributed by atoms with Crippen LogP contribution in [0, 0.1) is 0 Å². The van der Waals surface area contributed by atoms with Crippen LogP contribution >= 0.6 is 0 Å². The Morgan fingerprint density at radius 3 is 2.52 bits per heavy atom. The van der Waals surface area contributed by atoms with Gasteiger partial charge in [0.25, 0.3) is 0 Å². The number of guanidine groups is 1. The smallest absolute Gasteiger partial charge is 0.225 e. The van der Waals surface area contributed by atoms with Crippen molar-refractivity contribution in [3.05, 3.63) is 42.5 Å². The SMILES string of the molecule is CN=C(NCc1cccn1C)N1CCN(c2ncccn2)CC1. The van der Waals surface area contributed by atoms with Gasteiger partial charge < -0.3 is 19.7 Å². The summed E-state index contributed by atoms with van der Waals surface area (Å²) in [5, 5.41) is 3.44. The van der Waals surface area contributed by atoms with E-state index in [1.165, 1.54) is 5.69 Å². The van der Waals surface area contributed by atoms with E-state index in [9.17, 15) is 0 Å². The molecule has 0 spiro atoms. The molecule has 1 N–H and O–H groups in total. The van der Waals surface area contributed by atoms with E-state index >= 15 is 0 Å². The Morgan fingerprint density at radius 2 is 1.91 bits per heavy atom. The Morgan fingerprint density at radius 1 is 1.17 bits per heavy atom. The van der Waals surface area contributed by atoms with Crippen LogP contribution in [0.25, 0.3) is 0 Å². The Hall–Kier alpha value is -2.57. The summed E-state index contributed by atoms with van der Waals surface area (Å²) in [5.74, 6) is 1.75. The molecule has 23 heavy (non-hydrogen) atoms. The van der Waals surface area contributed by atoms with Crippen LogP contribution in [0.3, 0.4) is 0 Å². The lowest BCUT2D eigenvalue weighted by molar-refractivity contribution is 0.369. The van der Waals surface area contributed by atoms with Crippen LogP contribution in [0.5, 0.6) is 0 Å². The van der Waals surface area contributed by atoms with E-state index in [1.54, 1.807) is 12.4 Å². The van der Waals surface area contributed by atoms with E-state index in [0.717, 1.165) is 44.6 Å². The fourth-order valence-electron chi connectivity index (χ4n) is 2.75. The van der Waals surface area contributed by atoms with Gasteiger partial charge in [0.1, 0.15) is 0 Å². The topological polar surface area (TPSA) is 61.6 Å². The lowest BCUT2D eigenvalue weighted by atomic mass is 10.3. The van der Waals surface area contributed by atoms with Crippen LogP contribution in [-0.4, -0.2) is 58.6 Å². The number of nitrogens with one attached hydrogen (secondary N) is 1. The molecule has 0 aliphatic carbocycles. The van der Waals surface area contributed by atoms with Crippen LogP contribution < -0.4 is 10.2 Å². The molecule has 0 atom stereocenters. The van der Waals surface area contributed by atoms with E-state index in [1.807, 2.05) is 13.1 Å². The van der Waals surface area contributed by atoms with E-state index in [2.05, 4.69) is 60.0 Å². The number of hydrogen-bond donors (Lipinski definition) is 1. The van der Waals surface area contributed by atoms with Gasteiger partial charge in [-0.15, -0.1) is 0 Å². The molecule has 1 aliphatic rings. The van der Waals surface area contributed by atoms with Crippen LogP contribution in [0.4, 0.5) is 5.95 Å². The normalized spacial score (nSPS) is 15.8. The highest BCUT2D eigenvalue weighted by atomic mass is 15.4. The maximum absolute atomic E-state index is 4.41. The summed E-state index contributed by atoms with van der Waals surface area (Å²) in [4.78, 5) is 17.5.